The molecule has 0 aliphatic carbocycles. The topological polar surface area (TPSA) is 90.4 Å². The van der Waals surface area contributed by atoms with Crippen LogP contribution in [0.4, 0.5) is 0 Å². The quantitative estimate of drug-likeness (QED) is 0.434. The molecule has 5 nitrogen and oxygen atoms in total. The zero-order chi connectivity index (χ0) is 20.9. The van der Waals surface area contributed by atoms with Crippen molar-refractivity contribution in [1.29, 1.82) is 0 Å². The molecule has 3 aromatic carbocycles. The van der Waals surface area contributed by atoms with E-state index in [1.807, 2.05) is 48.5 Å². The average molecular weight is 434 g/mol. The molecule has 0 spiro atoms. The standard InChI is InChI=1S/C23H15NO4S2/c24-30(26,27)16-11-9-14(10-12-16)23-21(19-13-15-5-1-3-7-18(15)28-19)22(25)17-6-2-4-8-20(17)29-23/h1-13H,(H2,24,26,27). The molecule has 7 heteroatoms. The fraction of sp³-hybridized carbons (Fsp3) is 0. The Bertz CT molecular complexity index is 1550. The fourth-order valence-corrected chi connectivity index (χ4v) is 5.17. The van der Waals surface area contributed by atoms with Crippen LogP contribution in [0.1, 0.15) is 0 Å². The number of hydrogen-bond donors (Lipinski definition) is 1. The molecule has 0 amide bonds. The molecule has 5 aromatic rings. The van der Waals surface area contributed by atoms with Gasteiger partial charge < -0.3 is 4.42 Å². The molecular formula is C23H15NO4S2. The van der Waals surface area contributed by atoms with E-state index in [1.54, 1.807) is 18.2 Å². The summed E-state index contributed by atoms with van der Waals surface area (Å²) in [6, 6.07) is 23.0. The van der Waals surface area contributed by atoms with Crippen LogP contribution >= 0.6 is 11.3 Å². The van der Waals surface area contributed by atoms with Crippen LogP contribution in [0.3, 0.4) is 0 Å². The van der Waals surface area contributed by atoms with E-state index >= 15 is 0 Å². The lowest BCUT2D eigenvalue weighted by atomic mass is 10.0. The van der Waals surface area contributed by atoms with Crippen LogP contribution in [0.15, 0.2) is 93.0 Å². The normalized spacial score (nSPS) is 11.9. The molecule has 0 saturated carbocycles. The minimum Gasteiger partial charge on any atom is -0.456 e. The molecule has 0 aliphatic heterocycles. The number of furan rings is 1. The van der Waals surface area contributed by atoms with Gasteiger partial charge in [-0.15, -0.1) is 11.3 Å². The van der Waals surface area contributed by atoms with Gasteiger partial charge in [-0.05, 0) is 42.0 Å². The van der Waals surface area contributed by atoms with Crippen molar-refractivity contribution in [2.45, 2.75) is 4.90 Å². The number of nitrogens with two attached hydrogens (primary N) is 1. The number of sulfonamides is 1. The second kappa shape index (κ2) is 6.91. The number of rotatable bonds is 3. The van der Waals surface area contributed by atoms with Crippen LogP contribution in [-0.2, 0) is 10.0 Å². The molecule has 0 atom stereocenters. The fourth-order valence-electron chi connectivity index (χ4n) is 3.47. The molecule has 2 aromatic heterocycles. The summed E-state index contributed by atoms with van der Waals surface area (Å²) in [5.41, 5.74) is 1.73. The van der Waals surface area contributed by atoms with E-state index in [-0.39, 0.29) is 10.3 Å². The third-order valence-electron chi connectivity index (χ3n) is 4.91. The molecule has 0 unspecified atom stereocenters. The molecule has 0 aliphatic rings. The molecule has 2 heterocycles. The van der Waals surface area contributed by atoms with Crippen LogP contribution in [0.5, 0.6) is 0 Å². The minimum atomic E-state index is -3.80. The van der Waals surface area contributed by atoms with E-state index in [0.717, 1.165) is 10.1 Å². The smallest absolute Gasteiger partial charge is 0.238 e. The highest BCUT2D eigenvalue weighted by Gasteiger charge is 2.20. The molecule has 2 N–H and O–H groups in total. The third-order valence-corrected chi connectivity index (χ3v) is 7.06. The largest absolute Gasteiger partial charge is 0.456 e. The van der Waals surface area contributed by atoms with Crippen molar-refractivity contribution in [3.63, 3.8) is 0 Å². The average Bonchev–Trinajstić information content (AvgIpc) is 3.17. The molecule has 0 bridgehead atoms. The van der Waals surface area contributed by atoms with Gasteiger partial charge in [-0.25, -0.2) is 13.6 Å². The van der Waals surface area contributed by atoms with Crippen molar-refractivity contribution in [3.8, 4) is 21.8 Å². The van der Waals surface area contributed by atoms with Gasteiger partial charge in [0.15, 0.2) is 5.43 Å². The minimum absolute atomic E-state index is 0.0182. The Morgan fingerprint density at radius 2 is 1.57 bits per heavy atom. The zero-order valence-electron chi connectivity index (χ0n) is 15.5. The lowest BCUT2D eigenvalue weighted by molar-refractivity contribution is 0.598. The van der Waals surface area contributed by atoms with Gasteiger partial charge in [-0.3, -0.25) is 4.79 Å². The van der Waals surface area contributed by atoms with E-state index in [9.17, 15) is 13.2 Å². The Morgan fingerprint density at radius 1 is 0.867 bits per heavy atom. The molecule has 0 saturated heterocycles. The van der Waals surface area contributed by atoms with Crippen molar-refractivity contribution >= 4 is 42.4 Å². The summed E-state index contributed by atoms with van der Waals surface area (Å²) in [6.45, 7) is 0. The van der Waals surface area contributed by atoms with Gasteiger partial charge in [0.05, 0.1) is 10.5 Å². The predicted molar refractivity (Wildman–Crippen MR) is 120 cm³/mol. The number of fused-ring (bicyclic) bond motifs is 2. The van der Waals surface area contributed by atoms with Crippen LogP contribution < -0.4 is 10.6 Å². The summed E-state index contributed by atoms with van der Waals surface area (Å²) in [4.78, 5) is 14.2. The number of primary sulfonamides is 1. The van der Waals surface area contributed by atoms with Crippen LogP contribution in [-0.4, -0.2) is 8.42 Å². The van der Waals surface area contributed by atoms with Gasteiger partial charge in [0, 0.05) is 20.3 Å². The maximum atomic E-state index is 13.5. The maximum absolute atomic E-state index is 13.5. The molecule has 5 rings (SSSR count). The van der Waals surface area contributed by atoms with Crippen LogP contribution in [0, 0.1) is 0 Å². The first kappa shape index (κ1) is 18.7. The van der Waals surface area contributed by atoms with Crippen molar-refractivity contribution in [3.05, 3.63) is 89.1 Å². The Balaban J connectivity index is 1.82. The third kappa shape index (κ3) is 3.13. The highest BCUT2D eigenvalue weighted by Crippen LogP contribution is 2.38. The SMILES string of the molecule is NS(=O)(=O)c1ccc(-c2sc3ccccc3c(=O)c2-c2cc3ccccc3o2)cc1. The van der Waals surface area contributed by atoms with E-state index in [0.29, 0.717) is 32.7 Å². The monoisotopic (exact) mass is 433 g/mol. The second-order valence-electron chi connectivity index (χ2n) is 6.85. The lowest BCUT2D eigenvalue weighted by Crippen LogP contribution is -2.11. The first-order chi connectivity index (χ1) is 14.4. The van der Waals surface area contributed by atoms with Crippen molar-refractivity contribution < 1.29 is 12.8 Å². The summed E-state index contributed by atoms with van der Waals surface area (Å²) < 4.78 is 30.1. The first-order valence-corrected chi connectivity index (χ1v) is 11.5. The molecule has 148 valence electrons. The summed E-state index contributed by atoms with van der Waals surface area (Å²) in [5.74, 6) is 0.480. The summed E-state index contributed by atoms with van der Waals surface area (Å²) in [5, 5.41) is 6.73. The number of benzene rings is 3. The molecule has 0 radical (unpaired) electrons. The van der Waals surface area contributed by atoms with Gasteiger partial charge in [-0.1, -0.05) is 42.5 Å². The van der Waals surface area contributed by atoms with Crippen LogP contribution in [0.2, 0.25) is 0 Å². The summed E-state index contributed by atoms with van der Waals surface area (Å²) in [7, 11) is -3.80. The lowest BCUT2D eigenvalue weighted by Gasteiger charge is -2.09. The highest BCUT2D eigenvalue weighted by atomic mass is 32.2. The Hall–Kier alpha value is -3.26. The van der Waals surface area contributed by atoms with Gasteiger partial charge in [0.1, 0.15) is 11.3 Å². The van der Waals surface area contributed by atoms with Crippen molar-refractivity contribution in [1.82, 2.24) is 0 Å². The number of hydrogen-bond acceptors (Lipinski definition) is 5. The van der Waals surface area contributed by atoms with E-state index in [2.05, 4.69) is 0 Å². The molecular weight excluding hydrogens is 418 g/mol. The Kier molecular flexibility index (Phi) is 4.32. The highest BCUT2D eigenvalue weighted by molar-refractivity contribution is 7.89. The van der Waals surface area contributed by atoms with E-state index < -0.39 is 10.0 Å². The van der Waals surface area contributed by atoms with E-state index in [1.165, 1.54) is 23.5 Å². The summed E-state index contributed by atoms with van der Waals surface area (Å²) in [6.07, 6.45) is 0. The van der Waals surface area contributed by atoms with E-state index in [4.69, 9.17) is 9.56 Å². The van der Waals surface area contributed by atoms with Gasteiger partial charge in [-0.2, -0.15) is 0 Å². The number of para-hydroxylation sites is 1. The van der Waals surface area contributed by atoms with Gasteiger partial charge in [0.25, 0.3) is 0 Å². The summed E-state index contributed by atoms with van der Waals surface area (Å²) >= 11 is 1.46. The Labute approximate surface area is 176 Å². The predicted octanol–water partition coefficient (Wildman–Crippen LogP) is 4.99. The van der Waals surface area contributed by atoms with Crippen LogP contribution in [0.25, 0.3) is 42.8 Å². The van der Waals surface area contributed by atoms with Crippen molar-refractivity contribution in [2.75, 3.05) is 0 Å². The second-order valence-corrected chi connectivity index (χ2v) is 9.46. The van der Waals surface area contributed by atoms with Gasteiger partial charge >= 0.3 is 0 Å². The maximum Gasteiger partial charge on any atom is 0.238 e. The first-order valence-electron chi connectivity index (χ1n) is 9.10. The zero-order valence-corrected chi connectivity index (χ0v) is 17.2. The van der Waals surface area contributed by atoms with Gasteiger partial charge in [0.2, 0.25) is 10.0 Å². The molecule has 0 fully saturated rings. The molecule has 30 heavy (non-hydrogen) atoms. The Morgan fingerprint density at radius 3 is 2.30 bits per heavy atom. The van der Waals surface area contributed by atoms with Crippen molar-refractivity contribution in [2.24, 2.45) is 5.14 Å².